The van der Waals surface area contributed by atoms with Crippen LogP contribution in [-0.2, 0) is 4.79 Å². The number of ether oxygens (including phenoxy) is 2. The van der Waals surface area contributed by atoms with Gasteiger partial charge in [-0.25, -0.2) is 0 Å². The molecule has 7 heteroatoms. The molecule has 24 heavy (non-hydrogen) atoms. The highest BCUT2D eigenvalue weighted by Gasteiger charge is 2.34. The number of halogens is 1. The number of hydrogen-bond donors (Lipinski definition) is 0. The van der Waals surface area contributed by atoms with E-state index in [2.05, 4.69) is 27.8 Å². The number of thioether (sulfide) groups is 1. The first-order valence-electron chi connectivity index (χ1n) is 6.64. The summed E-state index contributed by atoms with van der Waals surface area (Å²) in [7, 11) is 1.50. The molecule has 0 spiro atoms. The highest BCUT2D eigenvalue weighted by atomic mass is 79.9. The summed E-state index contributed by atoms with van der Waals surface area (Å²) >= 11 is 4.25. The van der Waals surface area contributed by atoms with E-state index >= 15 is 0 Å². The van der Waals surface area contributed by atoms with Crippen molar-refractivity contribution in [3.05, 3.63) is 27.1 Å². The Hall–Kier alpha value is -2.35. The monoisotopic (exact) mass is 405 g/mol. The molecule has 0 unspecified atom stereocenters. The van der Waals surface area contributed by atoms with Crippen LogP contribution >= 0.6 is 27.7 Å². The van der Waals surface area contributed by atoms with Crippen LogP contribution in [0.1, 0.15) is 5.56 Å². The van der Waals surface area contributed by atoms with Crippen LogP contribution in [0.15, 0.2) is 21.5 Å². The summed E-state index contributed by atoms with van der Waals surface area (Å²) in [6.45, 7) is 0.0541. The van der Waals surface area contributed by atoms with Crippen LogP contribution in [0.5, 0.6) is 11.5 Å². The topological polar surface area (TPSA) is 55.8 Å². The van der Waals surface area contributed by atoms with Crippen LogP contribution in [0.2, 0.25) is 0 Å². The van der Waals surface area contributed by atoms with E-state index in [-0.39, 0.29) is 23.3 Å². The van der Waals surface area contributed by atoms with Crippen LogP contribution < -0.4 is 9.47 Å². The Labute approximate surface area is 152 Å². The summed E-state index contributed by atoms with van der Waals surface area (Å²) in [5.41, 5.74) is 0.658. The molecule has 1 fully saturated rings. The van der Waals surface area contributed by atoms with Gasteiger partial charge in [0.2, 0.25) is 0 Å². The molecule has 0 radical (unpaired) electrons. The minimum Gasteiger partial charge on any atom is -0.493 e. The molecule has 1 aromatic carbocycles. The van der Waals surface area contributed by atoms with Gasteiger partial charge in [0, 0.05) is 4.47 Å². The van der Waals surface area contributed by atoms with Crippen LogP contribution in [-0.4, -0.2) is 36.3 Å². The van der Waals surface area contributed by atoms with Gasteiger partial charge in [0.15, 0.2) is 11.5 Å². The number of terminal acetylenes is 2. The maximum atomic E-state index is 12.2. The molecule has 0 aliphatic carbocycles. The van der Waals surface area contributed by atoms with Crippen molar-refractivity contribution in [1.29, 1.82) is 0 Å². The van der Waals surface area contributed by atoms with E-state index in [0.29, 0.717) is 21.5 Å². The maximum absolute atomic E-state index is 12.2. The van der Waals surface area contributed by atoms with Crippen molar-refractivity contribution >= 4 is 44.9 Å². The van der Waals surface area contributed by atoms with Crippen LogP contribution in [0.3, 0.4) is 0 Å². The predicted octanol–water partition coefficient (Wildman–Crippen LogP) is 3.14. The van der Waals surface area contributed by atoms with Gasteiger partial charge >= 0.3 is 0 Å². The number of imide groups is 1. The van der Waals surface area contributed by atoms with Crippen molar-refractivity contribution in [3.8, 4) is 36.2 Å². The number of benzene rings is 1. The van der Waals surface area contributed by atoms with E-state index in [1.165, 1.54) is 7.11 Å². The summed E-state index contributed by atoms with van der Waals surface area (Å²) in [4.78, 5) is 25.3. The summed E-state index contributed by atoms with van der Waals surface area (Å²) in [5.74, 6) is 5.19. The largest absolute Gasteiger partial charge is 0.493 e. The Kier molecular flexibility index (Phi) is 5.97. The smallest absolute Gasteiger partial charge is 0.294 e. The fourth-order valence-corrected chi connectivity index (χ4v) is 3.19. The molecule has 0 atom stereocenters. The minimum absolute atomic E-state index is 0.0502. The summed E-state index contributed by atoms with van der Waals surface area (Å²) < 4.78 is 11.3. The second-order valence-electron chi connectivity index (χ2n) is 4.49. The minimum atomic E-state index is -0.415. The third-order valence-corrected chi connectivity index (χ3v) is 4.60. The van der Waals surface area contributed by atoms with Gasteiger partial charge in [0.25, 0.3) is 11.1 Å². The zero-order chi connectivity index (χ0) is 17.7. The SMILES string of the molecule is C#CCOc1cc(Br)c(/C=C2\SC(=O)N(CC#C)C2=O)cc1OC. The molecule has 2 rings (SSSR count). The Balaban J connectivity index is 2.36. The fourth-order valence-electron chi connectivity index (χ4n) is 1.92. The van der Waals surface area contributed by atoms with Gasteiger partial charge in [-0.3, -0.25) is 14.5 Å². The average Bonchev–Trinajstić information content (AvgIpc) is 2.82. The van der Waals surface area contributed by atoms with Gasteiger partial charge in [-0.1, -0.05) is 27.8 Å². The molecular formula is C17H12BrNO4S. The number of nitrogens with zero attached hydrogens (tertiary/aromatic N) is 1. The highest BCUT2D eigenvalue weighted by molar-refractivity contribution is 9.10. The molecule has 1 aliphatic rings. The van der Waals surface area contributed by atoms with E-state index in [4.69, 9.17) is 22.3 Å². The van der Waals surface area contributed by atoms with E-state index in [0.717, 1.165) is 16.7 Å². The molecule has 122 valence electrons. The first kappa shape index (κ1) is 18.0. The number of carbonyl (C=O) groups excluding carboxylic acids is 2. The van der Waals surface area contributed by atoms with E-state index < -0.39 is 5.91 Å². The lowest BCUT2D eigenvalue weighted by atomic mass is 10.2. The number of hydrogen-bond acceptors (Lipinski definition) is 5. The molecule has 0 N–H and O–H groups in total. The van der Waals surface area contributed by atoms with Gasteiger partial charge in [-0.2, -0.15) is 0 Å². The number of methoxy groups -OCH3 is 1. The second kappa shape index (κ2) is 7.96. The Morgan fingerprint density at radius 1 is 1.29 bits per heavy atom. The molecule has 0 aromatic heterocycles. The quantitative estimate of drug-likeness (QED) is 0.556. The van der Waals surface area contributed by atoms with E-state index in [9.17, 15) is 9.59 Å². The third kappa shape index (κ3) is 3.76. The molecule has 1 aliphatic heterocycles. The summed E-state index contributed by atoms with van der Waals surface area (Å²) in [6.07, 6.45) is 12.0. The Morgan fingerprint density at radius 2 is 2.04 bits per heavy atom. The van der Waals surface area contributed by atoms with Crippen molar-refractivity contribution < 1.29 is 19.1 Å². The Bertz CT molecular complexity index is 804. The van der Waals surface area contributed by atoms with Gasteiger partial charge in [-0.15, -0.1) is 12.8 Å². The Morgan fingerprint density at radius 3 is 2.67 bits per heavy atom. The average molecular weight is 406 g/mol. The summed E-state index contributed by atoms with van der Waals surface area (Å²) in [6, 6.07) is 3.37. The lowest BCUT2D eigenvalue weighted by Crippen LogP contribution is -2.28. The first-order chi connectivity index (χ1) is 11.5. The number of rotatable bonds is 5. The van der Waals surface area contributed by atoms with Crippen molar-refractivity contribution in [1.82, 2.24) is 4.90 Å². The van der Waals surface area contributed by atoms with Gasteiger partial charge in [-0.05, 0) is 35.5 Å². The molecule has 1 aromatic rings. The molecule has 0 saturated carbocycles. The molecule has 5 nitrogen and oxygen atoms in total. The highest BCUT2D eigenvalue weighted by Crippen LogP contribution is 2.37. The molecule has 2 amide bonds. The van der Waals surface area contributed by atoms with Crippen molar-refractivity contribution in [3.63, 3.8) is 0 Å². The third-order valence-electron chi connectivity index (χ3n) is 3.00. The normalized spacial score (nSPS) is 15.3. The fraction of sp³-hybridized carbons (Fsp3) is 0.176. The van der Waals surface area contributed by atoms with Gasteiger partial charge in [0.05, 0.1) is 18.6 Å². The number of carbonyl (C=O) groups is 2. The van der Waals surface area contributed by atoms with Crippen molar-refractivity contribution in [2.45, 2.75) is 0 Å². The van der Waals surface area contributed by atoms with Crippen LogP contribution in [0, 0.1) is 24.7 Å². The zero-order valence-corrected chi connectivity index (χ0v) is 15.1. The lowest BCUT2D eigenvalue weighted by Gasteiger charge is -2.11. The van der Waals surface area contributed by atoms with Gasteiger partial charge < -0.3 is 9.47 Å². The van der Waals surface area contributed by atoms with Crippen LogP contribution in [0.4, 0.5) is 4.79 Å². The van der Waals surface area contributed by atoms with Gasteiger partial charge in [0.1, 0.15) is 6.61 Å². The van der Waals surface area contributed by atoms with Crippen LogP contribution in [0.25, 0.3) is 6.08 Å². The molecular weight excluding hydrogens is 394 g/mol. The van der Waals surface area contributed by atoms with Crippen molar-refractivity contribution in [2.75, 3.05) is 20.3 Å². The first-order valence-corrected chi connectivity index (χ1v) is 8.25. The second-order valence-corrected chi connectivity index (χ2v) is 6.34. The standard InChI is InChI=1S/C17H12BrNO4S/c1-4-6-19-16(20)15(24-17(19)21)9-11-8-13(22-3)14(10-12(11)18)23-7-5-2/h1-2,8-10H,6-7H2,3H3/b15-9-. The molecule has 1 heterocycles. The predicted molar refractivity (Wildman–Crippen MR) is 96.5 cm³/mol. The zero-order valence-electron chi connectivity index (χ0n) is 12.7. The van der Waals surface area contributed by atoms with E-state index in [1.54, 1.807) is 18.2 Å². The molecule has 1 saturated heterocycles. The number of amides is 2. The maximum Gasteiger partial charge on any atom is 0.294 e. The summed E-state index contributed by atoms with van der Waals surface area (Å²) in [5, 5.41) is -0.388. The lowest BCUT2D eigenvalue weighted by molar-refractivity contribution is -0.122. The molecule has 0 bridgehead atoms. The van der Waals surface area contributed by atoms with E-state index in [1.807, 2.05) is 0 Å². The van der Waals surface area contributed by atoms with Crippen molar-refractivity contribution in [2.24, 2.45) is 0 Å².